The summed E-state index contributed by atoms with van der Waals surface area (Å²) in [5.74, 6) is 0.734. The zero-order valence-electron chi connectivity index (χ0n) is 12.1. The molecule has 0 fully saturated rings. The van der Waals surface area contributed by atoms with Crippen molar-refractivity contribution in [1.29, 1.82) is 0 Å². The van der Waals surface area contributed by atoms with Crippen molar-refractivity contribution in [3.63, 3.8) is 0 Å². The molecule has 0 saturated heterocycles. The Kier molecular flexibility index (Phi) is 5.29. The normalized spacial score (nSPS) is 12.7. The first kappa shape index (κ1) is 15.4. The molecule has 1 atom stereocenters. The maximum atomic E-state index is 11.2. The molecule has 1 unspecified atom stereocenters. The van der Waals surface area contributed by atoms with Crippen LogP contribution in [-0.2, 0) is 11.8 Å². The van der Waals surface area contributed by atoms with E-state index in [2.05, 4.69) is 10.4 Å². The van der Waals surface area contributed by atoms with Gasteiger partial charge in [0.05, 0.1) is 11.5 Å². The van der Waals surface area contributed by atoms with Crippen LogP contribution in [0.25, 0.3) is 0 Å². The minimum Gasteiger partial charge on any atom is -0.384 e. The molecule has 0 spiro atoms. The summed E-state index contributed by atoms with van der Waals surface area (Å²) >= 11 is 0. The Bertz CT molecular complexity index is 442. The molecular weight excluding hydrogens is 248 g/mol. The zero-order chi connectivity index (χ0) is 14.6. The number of nitro groups is 1. The monoisotopic (exact) mass is 270 g/mol. The Balaban J connectivity index is 2.96. The number of rotatable bonds is 7. The number of hydrogen-bond acceptors (Lipinski definition) is 5. The fourth-order valence-corrected chi connectivity index (χ4v) is 1.91. The standard InChI is InChI=1S/C12H22N4O3/c1-8(2)10-11(16(17)18)12(15(4)14-10)13-6-9(3)7-19-5/h8-9,13H,6-7H2,1-5H3. The van der Waals surface area contributed by atoms with Crippen LogP contribution in [0.3, 0.4) is 0 Å². The van der Waals surface area contributed by atoms with Gasteiger partial charge in [-0.25, -0.2) is 4.68 Å². The van der Waals surface area contributed by atoms with Crippen LogP contribution in [-0.4, -0.2) is 35.0 Å². The molecule has 0 radical (unpaired) electrons. The lowest BCUT2D eigenvalue weighted by molar-refractivity contribution is -0.384. The van der Waals surface area contributed by atoms with Crippen molar-refractivity contribution in [2.24, 2.45) is 13.0 Å². The Morgan fingerprint density at radius 2 is 2.11 bits per heavy atom. The Morgan fingerprint density at radius 1 is 1.47 bits per heavy atom. The van der Waals surface area contributed by atoms with Gasteiger partial charge in [0.1, 0.15) is 5.69 Å². The molecule has 1 aromatic heterocycles. The average molecular weight is 270 g/mol. The molecule has 1 heterocycles. The molecule has 0 bridgehead atoms. The number of aryl methyl sites for hydroxylation is 1. The van der Waals surface area contributed by atoms with Gasteiger partial charge in [-0.1, -0.05) is 20.8 Å². The number of anilines is 1. The second kappa shape index (κ2) is 6.51. The summed E-state index contributed by atoms with van der Waals surface area (Å²) < 4.78 is 6.58. The predicted molar refractivity (Wildman–Crippen MR) is 73.5 cm³/mol. The second-order valence-electron chi connectivity index (χ2n) is 5.06. The molecule has 7 heteroatoms. The van der Waals surface area contributed by atoms with Gasteiger partial charge in [-0.3, -0.25) is 10.1 Å². The molecule has 0 aromatic carbocycles. The molecule has 0 aliphatic rings. The van der Waals surface area contributed by atoms with Gasteiger partial charge in [0, 0.05) is 26.6 Å². The second-order valence-corrected chi connectivity index (χ2v) is 5.06. The third kappa shape index (κ3) is 3.66. The highest BCUT2D eigenvalue weighted by Crippen LogP contribution is 2.32. The third-order valence-corrected chi connectivity index (χ3v) is 2.85. The minimum absolute atomic E-state index is 0.0125. The van der Waals surface area contributed by atoms with Crippen LogP contribution >= 0.6 is 0 Å². The molecule has 0 saturated carbocycles. The van der Waals surface area contributed by atoms with Gasteiger partial charge in [-0.2, -0.15) is 5.10 Å². The predicted octanol–water partition coefficient (Wildman–Crippen LogP) is 2.15. The molecular formula is C12H22N4O3. The Labute approximate surface area is 113 Å². The molecule has 0 amide bonds. The number of hydrogen-bond donors (Lipinski definition) is 1. The van der Waals surface area contributed by atoms with E-state index in [0.717, 1.165) is 0 Å². The summed E-state index contributed by atoms with van der Waals surface area (Å²) in [6.45, 7) is 7.02. The number of nitrogens with zero attached hydrogens (tertiary/aromatic N) is 3. The maximum absolute atomic E-state index is 11.2. The van der Waals surface area contributed by atoms with Crippen LogP contribution in [0.4, 0.5) is 11.5 Å². The van der Waals surface area contributed by atoms with Crippen LogP contribution in [0, 0.1) is 16.0 Å². The smallest absolute Gasteiger partial charge is 0.334 e. The highest BCUT2D eigenvalue weighted by Gasteiger charge is 2.28. The van der Waals surface area contributed by atoms with E-state index in [0.29, 0.717) is 24.7 Å². The van der Waals surface area contributed by atoms with Gasteiger partial charge in [0.25, 0.3) is 0 Å². The van der Waals surface area contributed by atoms with Crippen LogP contribution in [0.5, 0.6) is 0 Å². The third-order valence-electron chi connectivity index (χ3n) is 2.85. The fourth-order valence-electron chi connectivity index (χ4n) is 1.91. The number of methoxy groups -OCH3 is 1. The molecule has 1 aromatic rings. The first-order valence-electron chi connectivity index (χ1n) is 6.32. The van der Waals surface area contributed by atoms with E-state index in [-0.39, 0.29) is 22.4 Å². The van der Waals surface area contributed by atoms with Crippen LogP contribution in [0.15, 0.2) is 0 Å². The lowest BCUT2D eigenvalue weighted by Gasteiger charge is -2.12. The maximum Gasteiger partial charge on any atom is 0.334 e. The summed E-state index contributed by atoms with van der Waals surface area (Å²) in [5, 5.41) is 18.6. The van der Waals surface area contributed by atoms with Crippen molar-refractivity contribution in [3.8, 4) is 0 Å². The van der Waals surface area contributed by atoms with Crippen LogP contribution in [0.1, 0.15) is 32.4 Å². The van der Waals surface area contributed by atoms with Gasteiger partial charge >= 0.3 is 5.69 Å². The first-order valence-corrected chi connectivity index (χ1v) is 6.32. The SMILES string of the molecule is COCC(C)CNc1c([N+](=O)[O-])c(C(C)C)nn1C. The molecule has 1 N–H and O–H groups in total. The van der Waals surface area contributed by atoms with Crippen molar-refractivity contribution >= 4 is 11.5 Å². The quantitative estimate of drug-likeness (QED) is 0.606. The lowest BCUT2D eigenvalue weighted by atomic mass is 10.1. The number of ether oxygens (including phenoxy) is 1. The summed E-state index contributed by atoms with van der Waals surface area (Å²) in [6.07, 6.45) is 0. The van der Waals surface area contributed by atoms with E-state index in [1.807, 2.05) is 20.8 Å². The van der Waals surface area contributed by atoms with Gasteiger partial charge in [-0.15, -0.1) is 0 Å². The fraction of sp³-hybridized carbons (Fsp3) is 0.750. The topological polar surface area (TPSA) is 82.2 Å². The van der Waals surface area contributed by atoms with E-state index in [1.54, 1.807) is 14.2 Å². The molecule has 108 valence electrons. The summed E-state index contributed by atoms with van der Waals surface area (Å²) in [7, 11) is 3.35. The van der Waals surface area contributed by atoms with Crippen molar-refractivity contribution in [1.82, 2.24) is 9.78 Å². The van der Waals surface area contributed by atoms with Gasteiger partial charge in [0.15, 0.2) is 0 Å². The first-order chi connectivity index (χ1) is 8.88. The summed E-state index contributed by atoms with van der Waals surface area (Å²) in [6, 6.07) is 0. The average Bonchev–Trinajstić information content (AvgIpc) is 2.64. The van der Waals surface area contributed by atoms with Crippen molar-refractivity contribution < 1.29 is 9.66 Å². The van der Waals surface area contributed by atoms with Crippen molar-refractivity contribution in [2.45, 2.75) is 26.7 Å². The summed E-state index contributed by atoms with van der Waals surface area (Å²) in [5.41, 5.74) is 0.580. The summed E-state index contributed by atoms with van der Waals surface area (Å²) in [4.78, 5) is 10.8. The highest BCUT2D eigenvalue weighted by molar-refractivity contribution is 5.60. The molecule has 0 aliphatic carbocycles. The van der Waals surface area contributed by atoms with E-state index < -0.39 is 0 Å². The van der Waals surface area contributed by atoms with Gasteiger partial charge < -0.3 is 10.1 Å². The molecule has 7 nitrogen and oxygen atoms in total. The van der Waals surface area contributed by atoms with E-state index >= 15 is 0 Å². The van der Waals surface area contributed by atoms with Crippen molar-refractivity contribution in [3.05, 3.63) is 15.8 Å². The van der Waals surface area contributed by atoms with Gasteiger partial charge in [0.2, 0.25) is 5.82 Å². The van der Waals surface area contributed by atoms with E-state index in [4.69, 9.17) is 4.74 Å². The van der Waals surface area contributed by atoms with Gasteiger partial charge in [-0.05, 0) is 5.92 Å². The Morgan fingerprint density at radius 3 is 2.58 bits per heavy atom. The van der Waals surface area contributed by atoms with Crippen LogP contribution in [0.2, 0.25) is 0 Å². The molecule has 0 aliphatic heterocycles. The van der Waals surface area contributed by atoms with Crippen LogP contribution < -0.4 is 5.32 Å². The number of aromatic nitrogens is 2. The lowest BCUT2D eigenvalue weighted by Crippen LogP contribution is -2.17. The molecule has 1 rings (SSSR count). The Hall–Kier alpha value is -1.63. The zero-order valence-corrected chi connectivity index (χ0v) is 12.1. The van der Waals surface area contributed by atoms with E-state index in [1.165, 1.54) is 4.68 Å². The number of nitrogens with one attached hydrogen (secondary N) is 1. The van der Waals surface area contributed by atoms with E-state index in [9.17, 15) is 10.1 Å². The molecule has 19 heavy (non-hydrogen) atoms. The van der Waals surface area contributed by atoms with Crippen molar-refractivity contribution in [2.75, 3.05) is 25.6 Å². The highest BCUT2D eigenvalue weighted by atomic mass is 16.6. The minimum atomic E-state index is -0.369. The largest absolute Gasteiger partial charge is 0.384 e.